The van der Waals surface area contributed by atoms with Crippen LogP contribution in [0.5, 0.6) is 0 Å². The minimum absolute atomic E-state index is 0.0737. The summed E-state index contributed by atoms with van der Waals surface area (Å²) in [5.74, 6) is 0.0945. The van der Waals surface area contributed by atoms with E-state index in [4.69, 9.17) is 17.3 Å². The second kappa shape index (κ2) is 5.13. The highest BCUT2D eigenvalue weighted by Crippen LogP contribution is 2.31. The number of nitrogen functional groups attached to an aromatic ring is 1. The van der Waals surface area contributed by atoms with Crippen LogP contribution in [0.1, 0.15) is 0 Å². The maximum atomic E-state index is 5.66. The van der Waals surface area contributed by atoms with Crippen LogP contribution in [0, 0.1) is 0 Å². The van der Waals surface area contributed by atoms with E-state index in [0.717, 1.165) is 8.68 Å². The van der Waals surface area contributed by atoms with E-state index in [2.05, 4.69) is 25.1 Å². The normalized spacial score (nSPS) is 10.6. The van der Waals surface area contributed by atoms with E-state index < -0.39 is 0 Å². The number of aromatic nitrogens is 5. The van der Waals surface area contributed by atoms with Crippen LogP contribution < -0.4 is 5.73 Å². The van der Waals surface area contributed by atoms with Gasteiger partial charge in [0.05, 0.1) is 0 Å². The molecule has 2 heterocycles. The highest BCUT2D eigenvalue weighted by atomic mass is 35.5. The Kier molecular flexibility index (Phi) is 3.79. The van der Waals surface area contributed by atoms with Crippen LogP contribution in [0.15, 0.2) is 13.8 Å². The first-order chi connectivity index (χ1) is 7.67. The molecule has 16 heavy (non-hydrogen) atoms. The number of thioether (sulfide) groups is 1. The molecule has 0 unspecified atom stereocenters. The number of hydrogen-bond donors (Lipinski definition) is 1. The molecule has 0 radical (unpaired) electrons. The topological polar surface area (TPSA) is 90.5 Å². The summed E-state index contributed by atoms with van der Waals surface area (Å²) in [4.78, 5) is 11.5. The van der Waals surface area contributed by atoms with Crippen LogP contribution in [0.4, 0.5) is 5.95 Å². The zero-order valence-electron chi connectivity index (χ0n) is 7.92. The predicted molar refractivity (Wildman–Crippen MR) is 65.1 cm³/mol. The lowest BCUT2D eigenvalue weighted by Crippen LogP contribution is -1.98. The van der Waals surface area contributed by atoms with Crippen molar-refractivity contribution in [2.45, 2.75) is 13.8 Å². The van der Waals surface area contributed by atoms with E-state index in [0.29, 0.717) is 5.16 Å². The standard InChI is InChI=1S/C6H5ClN6S3/c1-14-5-12-13-6(16-5)15-4-10-2(7)9-3(8)11-4/h1H3,(H2,8,9,10,11). The monoisotopic (exact) mass is 292 g/mol. The first-order valence-corrected chi connectivity index (χ1v) is 7.13. The van der Waals surface area contributed by atoms with Crippen LogP contribution in [-0.4, -0.2) is 31.4 Å². The molecule has 6 nitrogen and oxygen atoms in total. The largest absolute Gasteiger partial charge is 0.368 e. The lowest BCUT2D eigenvalue weighted by molar-refractivity contribution is 0.907. The fraction of sp³-hybridized carbons (Fsp3) is 0.167. The minimum atomic E-state index is 0.0737. The average molecular weight is 293 g/mol. The van der Waals surface area contributed by atoms with Gasteiger partial charge in [-0.1, -0.05) is 23.1 Å². The Morgan fingerprint density at radius 2 is 1.94 bits per heavy atom. The van der Waals surface area contributed by atoms with Crippen LogP contribution in [0.2, 0.25) is 5.28 Å². The molecule has 2 aromatic rings. The molecular formula is C6H5ClN6S3. The van der Waals surface area contributed by atoms with Crippen LogP contribution in [0.25, 0.3) is 0 Å². The molecule has 0 aliphatic carbocycles. The number of rotatable bonds is 3. The molecular weight excluding hydrogens is 288 g/mol. The van der Waals surface area contributed by atoms with E-state index in [9.17, 15) is 0 Å². The van der Waals surface area contributed by atoms with Gasteiger partial charge in [-0.15, -0.1) is 10.2 Å². The van der Waals surface area contributed by atoms with E-state index in [1.165, 1.54) is 34.9 Å². The van der Waals surface area contributed by atoms with Crippen molar-refractivity contribution in [3.8, 4) is 0 Å². The molecule has 2 rings (SSSR count). The maximum Gasteiger partial charge on any atom is 0.228 e. The van der Waals surface area contributed by atoms with Gasteiger partial charge in [0, 0.05) is 0 Å². The molecule has 0 aliphatic rings. The Balaban J connectivity index is 2.19. The van der Waals surface area contributed by atoms with Gasteiger partial charge in [0.25, 0.3) is 0 Å². The number of nitrogens with zero attached hydrogens (tertiary/aromatic N) is 5. The summed E-state index contributed by atoms with van der Waals surface area (Å²) in [5, 5.41) is 8.41. The summed E-state index contributed by atoms with van der Waals surface area (Å²) in [5.41, 5.74) is 5.45. The first-order valence-electron chi connectivity index (χ1n) is 3.90. The molecule has 0 amide bonds. The van der Waals surface area contributed by atoms with Crippen molar-refractivity contribution in [3.63, 3.8) is 0 Å². The maximum absolute atomic E-state index is 5.66. The van der Waals surface area contributed by atoms with Crippen molar-refractivity contribution < 1.29 is 0 Å². The molecule has 2 aromatic heterocycles. The zero-order valence-corrected chi connectivity index (χ0v) is 11.1. The molecule has 0 atom stereocenters. The SMILES string of the molecule is CSc1nnc(Sc2nc(N)nc(Cl)n2)s1. The van der Waals surface area contributed by atoms with Crippen molar-refractivity contribution in [1.29, 1.82) is 0 Å². The average Bonchev–Trinajstić information content (AvgIpc) is 2.64. The Morgan fingerprint density at radius 1 is 1.19 bits per heavy atom. The zero-order chi connectivity index (χ0) is 11.5. The summed E-state index contributed by atoms with van der Waals surface area (Å²) in [6.07, 6.45) is 1.94. The molecule has 0 bridgehead atoms. The molecule has 10 heteroatoms. The molecule has 0 aliphatic heterocycles. The van der Waals surface area contributed by atoms with Crippen molar-refractivity contribution >= 4 is 52.4 Å². The van der Waals surface area contributed by atoms with Crippen LogP contribution in [-0.2, 0) is 0 Å². The molecule has 0 saturated carbocycles. The van der Waals surface area contributed by atoms with Gasteiger partial charge in [-0.05, 0) is 29.6 Å². The fourth-order valence-electron chi connectivity index (χ4n) is 0.791. The molecule has 0 fully saturated rings. The molecule has 0 aromatic carbocycles. The van der Waals surface area contributed by atoms with Crippen molar-refractivity contribution in [2.75, 3.05) is 12.0 Å². The molecule has 0 saturated heterocycles. The van der Waals surface area contributed by atoms with E-state index in [1.807, 2.05) is 6.26 Å². The van der Waals surface area contributed by atoms with Gasteiger partial charge in [-0.2, -0.15) is 15.0 Å². The number of nitrogens with two attached hydrogens (primary N) is 1. The van der Waals surface area contributed by atoms with E-state index in [-0.39, 0.29) is 11.2 Å². The van der Waals surface area contributed by atoms with E-state index in [1.54, 1.807) is 0 Å². The molecule has 2 N–H and O–H groups in total. The Labute approximate surface area is 108 Å². The third kappa shape index (κ3) is 2.94. The summed E-state index contributed by atoms with van der Waals surface area (Å²) >= 11 is 9.91. The predicted octanol–water partition coefficient (Wildman–Crippen LogP) is 1.83. The Morgan fingerprint density at radius 3 is 2.56 bits per heavy atom. The van der Waals surface area contributed by atoms with Gasteiger partial charge >= 0.3 is 0 Å². The molecule has 84 valence electrons. The summed E-state index contributed by atoms with van der Waals surface area (Å²) < 4.78 is 1.63. The second-order valence-electron chi connectivity index (χ2n) is 2.39. The lowest BCUT2D eigenvalue weighted by Gasteiger charge is -1.96. The van der Waals surface area contributed by atoms with Gasteiger partial charge in [-0.25, -0.2) is 0 Å². The molecule has 0 spiro atoms. The van der Waals surface area contributed by atoms with Gasteiger partial charge in [0.1, 0.15) is 0 Å². The van der Waals surface area contributed by atoms with Gasteiger partial charge in [0.2, 0.25) is 16.4 Å². The summed E-state index contributed by atoms with van der Waals surface area (Å²) in [6, 6.07) is 0. The van der Waals surface area contributed by atoms with Crippen LogP contribution in [0.3, 0.4) is 0 Å². The number of anilines is 1. The smallest absolute Gasteiger partial charge is 0.228 e. The Hall–Kier alpha value is -0.640. The van der Waals surface area contributed by atoms with E-state index >= 15 is 0 Å². The third-order valence-electron chi connectivity index (χ3n) is 1.35. The van der Waals surface area contributed by atoms with Crippen molar-refractivity contribution in [1.82, 2.24) is 25.1 Å². The van der Waals surface area contributed by atoms with Crippen LogP contribution >= 0.6 is 46.5 Å². The summed E-state index contributed by atoms with van der Waals surface area (Å²) in [7, 11) is 0. The number of halogens is 1. The first kappa shape index (κ1) is 11.8. The highest BCUT2D eigenvalue weighted by molar-refractivity contribution is 8.02. The third-order valence-corrected chi connectivity index (χ3v) is 4.33. The number of hydrogen-bond acceptors (Lipinski definition) is 9. The highest BCUT2D eigenvalue weighted by Gasteiger charge is 2.09. The van der Waals surface area contributed by atoms with Gasteiger partial charge in [-0.3, -0.25) is 0 Å². The summed E-state index contributed by atoms with van der Waals surface area (Å²) in [6.45, 7) is 0. The van der Waals surface area contributed by atoms with Gasteiger partial charge in [0.15, 0.2) is 8.68 Å². The lowest BCUT2D eigenvalue weighted by atomic mass is 11.0. The Bertz CT molecular complexity index is 483. The fourth-order valence-corrected chi connectivity index (χ4v) is 3.31. The second-order valence-corrected chi connectivity index (χ2v) is 5.97. The van der Waals surface area contributed by atoms with Crippen molar-refractivity contribution in [2.24, 2.45) is 0 Å². The van der Waals surface area contributed by atoms with Gasteiger partial charge < -0.3 is 5.73 Å². The quantitative estimate of drug-likeness (QED) is 0.857. The van der Waals surface area contributed by atoms with Crippen molar-refractivity contribution in [3.05, 3.63) is 5.28 Å². The minimum Gasteiger partial charge on any atom is -0.368 e.